The van der Waals surface area contributed by atoms with Gasteiger partial charge >= 0.3 is 5.97 Å². The summed E-state index contributed by atoms with van der Waals surface area (Å²) in [4.78, 5) is 23.9. The minimum absolute atomic E-state index is 0.192. The van der Waals surface area contributed by atoms with Crippen LogP contribution in [0.5, 0.6) is 0 Å². The Morgan fingerprint density at radius 2 is 2.19 bits per heavy atom. The molecule has 21 heavy (non-hydrogen) atoms. The first-order valence-electron chi connectivity index (χ1n) is 7.05. The minimum atomic E-state index is -0.392. The van der Waals surface area contributed by atoms with Crippen LogP contribution >= 0.6 is 0 Å². The highest BCUT2D eigenvalue weighted by molar-refractivity contribution is 6.32. The van der Waals surface area contributed by atoms with Crippen molar-refractivity contribution in [2.24, 2.45) is 0 Å². The van der Waals surface area contributed by atoms with Crippen LogP contribution in [-0.2, 0) is 14.3 Å². The van der Waals surface area contributed by atoms with Gasteiger partial charge in [0.2, 0.25) is 0 Å². The summed E-state index contributed by atoms with van der Waals surface area (Å²) >= 11 is 0. The van der Waals surface area contributed by atoms with Crippen LogP contribution in [0.3, 0.4) is 0 Å². The molecule has 0 radical (unpaired) electrons. The predicted molar refractivity (Wildman–Crippen MR) is 78.0 cm³/mol. The van der Waals surface area contributed by atoms with Gasteiger partial charge in [-0.3, -0.25) is 4.79 Å². The Bertz CT molecular complexity index is 644. The number of benzene rings is 1. The fraction of sp³-hybridized carbons (Fsp3) is 0.375. The monoisotopic (exact) mass is 287 g/mol. The Morgan fingerprint density at radius 3 is 2.81 bits per heavy atom. The largest absolute Gasteiger partial charge is 0.501 e. The molecule has 0 spiro atoms. The average molecular weight is 287 g/mol. The lowest BCUT2D eigenvalue weighted by Crippen LogP contribution is -2.05. The van der Waals surface area contributed by atoms with Crippen molar-refractivity contribution in [3.05, 3.63) is 35.1 Å². The highest BCUT2D eigenvalue weighted by atomic mass is 16.5. The summed E-state index contributed by atoms with van der Waals surface area (Å²) in [6, 6.07) is 3.50. The second-order valence-electron chi connectivity index (χ2n) is 5.19. The molecule has 0 saturated heterocycles. The summed E-state index contributed by atoms with van der Waals surface area (Å²) in [6.45, 7) is 2.37. The Labute approximate surface area is 122 Å². The average Bonchev–Trinajstić information content (AvgIpc) is 3.27. The third-order valence-corrected chi connectivity index (χ3v) is 3.74. The van der Waals surface area contributed by atoms with E-state index < -0.39 is 5.97 Å². The molecule has 5 nitrogen and oxygen atoms in total. The Kier molecular flexibility index (Phi) is 3.41. The van der Waals surface area contributed by atoms with Crippen molar-refractivity contribution in [1.29, 1.82) is 0 Å². The highest BCUT2D eigenvalue weighted by Gasteiger charge is 2.35. The molecule has 3 rings (SSSR count). The number of methoxy groups -OCH3 is 1. The Balaban J connectivity index is 2.12. The van der Waals surface area contributed by atoms with Gasteiger partial charge in [0.1, 0.15) is 0 Å². The fourth-order valence-electron chi connectivity index (χ4n) is 2.60. The van der Waals surface area contributed by atoms with Crippen LogP contribution in [0.4, 0.5) is 5.69 Å². The standard InChI is InChI=1S/C16H17NO4/c1-3-21-8-12-14-11(9-4-5-9)6-10(16(19)20-2)7-13(14)17-15(12)18/h6-9H,3-5H2,1-2H3,(H,17,18). The van der Waals surface area contributed by atoms with Gasteiger partial charge in [0.25, 0.3) is 5.91 Å². The van der Waals surface area contributed by atoms with Gasteiger partial charge in [-0.05, 0) is 43.4 Å². The first-order valence-corrected chi connectivity index (χ1v) is 7.05. The number of fused-ring (bicyclic) bond motifs is 1. The molecule has 110 valence electrons. The van der Waals surface area contributed by atoms with E-state index in [9.17, 15) is 9.59 Å². The molecule has 0 unspecified atom stereocenters. The highest BCUT2D eigenvalue weighted by Crippen LogP contribution is 2.47. The van der Waals surface area contributed by atoms with E-state index >= 15 is 0 Å². The number of rotatable bonds is 4. The van der Waals surface area contributed by atoms with Crippen LogP contribution in [-0.4, -0.2) is 25.6 Å². The van der Waals surface area contributed by atoms with E-state index in [0.717, 1.165) is 24.0 Å². The molecule has 1 amide bonds. The smallest absolute Gasteiger partial charge is 0.337 e. The number of nitrogens with one attached hydrogen (secondary N) is 1. The van der Waals surface area contributed by atoms with Gasteiger partial charge in [-0.2, -0.15) is 0 Å². The van der Waals surface area contributed by atoms with Crippen molar-refractivity contribution in [3.63, 3.8) is 0 Å². The van der Waals surface area contributed by atoms with Crippen molar-refractivity contribution >= 4 is 23.1 Å². The molecule has 1 aliphatic carbocycles. The van der Waals surface area contributed by atoms with Gasteiger partial charge in [-0.1, -0.05) is 0 Å². The molecule has 1 fully saturated rings. The van der Waals surface area contributed by atoms with Gasteiger partial charge in [-0.15, -0.1) is 0 Å². The predicted octanol–water partition coefficient (Wildman–Crippen LogP) is 2.68. The molecule has 5 heteroatoms. The van der Waals surface area contributed by atoms with Crippen molar-refractivity contribution in [1.82, 2.24) is 0 Å². The quantitative estimate of drug-likeness (QED) is 0.525. The fourth-order valence-corrected chi connectivity index (χ4v) is 2.60. The van der Waals surface area contributed by atoms with E-state index in [0.29, 0.717) is 29.3 Å². The minimum Gasteiger partial charge on any atom is -0.501 e. The van der Waals surface area contributed by atoms with Crippen LogP contribution in [0.1, 0.15) is 47.2 Å². The van der Waals surface area contributed by atoms with Gasteiger partial charge in [-0.25, -0.2) is 4.79 Å². The van der Waals surface area contributed by atoms with E-state index in [2.05, 4.69) is 5.32 Å². The molecule has 0 bridgehead atoms. The molecule has 0 aromatic heterocycles. The lowest BCUT2D eigenvalue weighted by atomic mass is 9.95. The van der Waals surface area contributed by atoms with Gasteiger partial charge in [0.15, 0.2) is 0 Å². The zero-order chi connectivity index (χ0) is 15.0. The number of hydrogen-bond acceptors (Lipinski definition) is 4. The SMILES string of the molecule is CCOC=C1C(=O)Nc2cc(C(=O)OC)cc(C3CC3)c21. The van der Waals surface area contributed by atoms with Gasteiger partial charge in [0.05, 0.1) is 36.8 Å². The molecule has 1 heterocycles. The van der Waals surface area contributed by atoms with Crippen molar-refractivity contribution in [2.45, 2.75) is 25.7 Å². The third-order valence-electron chi connectivity index (χ3n) is 3.74. The number of carbonyl (C=O) groups is 2. The summed E-state index contributed by atoms with van der Waals surface area (Å²) in [5.74, 6) is -0.181. The first kappa shape index (κ1) is 13.7. The molecule has 1 aromatic rings. The van der Waals surface area contributed by atoms with Crippen LogP contribution in [0.25, 0.3) is 5.57 Å². The topological polar surface area (TPSA) is 64.6 Å². The molecule has 1 aliphatic heterocycles. The summed E-state index contributed by atoms with van der Waals surface area (Å²) in [7, 11) is 1.35. The maximum atomic E-state index is 12.1. The van der Waals surface area contributed by atoms with Crippen molar-refractivity contribution in [3.8, 4) is 0 Å². The molecule has 1 N–H and O–H groups in total. The second-order valence-corrected chi connectivity index (χ2v) is 5.19. The van der Waals surface area contributed by atoms with E-state index in [1.165, 1.54) is 13.4 Å². The maximum absolute atomic E-state index is 12.1. The van der Waals surface area contributed by atoms with Crippen molar-refractivity contribution < 1.29 is 19.1 Å². The number of carbonyl (C=O) groups excluding carboxylic acids is 2. The van der Waals surface area contributed by atoms with Gasteiger partial charge in [0, 0.05) is 5.56 Å². The molecular formula is C16H17NO4. The normalized spacial score (nSPS) is 18.4. The molecule has 2 aliphatic rings. The van der Waals surface area contributed by atoms with E-state index in [-0.39, 0.29) is 5.91 Å². The lowest BCUT2D eigenvalue weighted by Gasteiger charge is -2.10. The number of anilines is 1. The van der Waals surface area contributed by atoms with E-state index in [1.54, 1.807) is 6.07 Å². The van der Waals surface area contributed by atoms with Crippen LogP contribution in [0, 0.1) is 0 Å². The number of ether oxygens (including phenoxy) is 2. The molecular weight excluding hydrogens is 270 g/mol. The van der Waals surface area contributed by atoms with E-state index in [4.69, 9.17) is 9.47 Å². The second kappa shape index (κ2) is 5.24. The van der Waals surface area contributed by atoms with Crippen LogP contribution < -0.4 is 5.32 Å². The summed E-state index contributed by atoms with van der Waals surface area (Å²) in [6.07, 6.45) is 3.66. The molecule has 1 saturated carbocycles. The number of esters is 1. The summed E-state index contributed by atoms with van der Waals surface area (Å²) in [5, 5.41) is 2.80. The third kappa shape index (κ3) is 2.39. The molecule has 1 aromatic carbocycles. The number of amides is 1. The summed E-state index contributed by atoms with van der Waals surface area (Å²) in [5.41, 5.74) is 3.55. The first-order chi connectivity index (χ1) is 10.2. The number of hydrogen-bond donors (Lipinski definition) is 1. The van der Waals surface area contributed by atoms with Gasteiger partial charge < -0.3 is 14.8 Å². The summed E-state index contributed by atoms with van der Waals surface area (Å²) < 4.78 is 10.1. The van der Waals surface area contributed by atoms with Crippen LogP contribution in [0.2, 0.25) is 0 Å². The molecule has 0 atom stereocenters. The van der Waals surface area contributed by atoms with E-state index in [1.807, 2.05) is 13.0 Å². The Morgan fingerprint density at radius 1 is 1.43 bits per heavy atom. The maximum Gasteiger partial charge on any atom is 0.337 e. The van der Waals surface area contributed by atoms with Crippen LogP contribution in [0.15, 0.2) is 18.4 Å². The van der Waals surface area contributed by atoms with Crippen molar-refractivity contribution in [2.75, 3.05) is 19.0 Å². The Hall–Kier alpha value is -2.30. The zero-order valence-electron chi connectivity index (χ0n) is 12.1. The zero-order valence-corrected chi connectivity index (χ0v) is 12.1. The lowest BCUT2D eigenvalue weighted by molar-refractivity contribution is -0.110.